The van der Waals surface area contributed by atoms with Crippen LogP contribution in [0.4, 0.5) is 0 Å². The fourth-order valence-corrected chi connectivity index (χ4v) is 3.59. The molecule has 0 amide bonds. The number of hydrogen-bond acceptors (Lipinski definition) is 4. The first kappa shape index (κ1) is 17.8. The minimum Gasteiger partial charge on any atom is -0.492 e. The minimum absolute atomic E-state index is 0.0172. The monoisotopic (exact) mass is 363 g/mol. The average molecular weight is 363 g/mol. The largest absolute Gasteiger partial charge is 0.492 e. The molecule has 0 spiro atoms. The summed E-state index contributed by atoms with van der Waals surface area (Å²) in [4.78, 5) is 15.2. The average Bonchev–Trinajstić information content (AvgIpc) is 2.70. The summed E-state index contributed by atoms with van der Waals surface area (Å²) in [6, 6.07) is 15.0. The maximum atomic E-state index is 12.8. The van der Waals surface area contributed by atoms with Gasteiger partial charge < -0.3 is 9.15 Å². The maximum Gasteiger partial charge on any atom is 0.200 e. The quantitative estimate of drug-likeness (QED) is 0.666. The topological polar surface area (TPSA) is 42.7 Å². The highest BCUT2D eigenvalue weighted by atomic mass is 16.5. The van der Waals surface area contributed by atoms with Gasteiger partial charge in [0.1, 0.15) is 24.2 Å². The number of rotatable bonds is 5. The van der Waals surface area contributed by atoms with E-state index in [2.05, 4.69) is 11.8 Å². The molecule has 4 rings (SSSR count). The number of ether oxygens (including phenoxy) is 1. The number of piperidine rings is 1. The summed E-state index contributed by atoms with van der Waals surface area (Å²) in [7, 11) is 0. The van der Waals surface area contributed by atoms with Gasteiger partial charge in [-0.25, -0.2) is 0 Å². The van der Waals surface area contributed by atoms with Crippen LogP contribution >= 0.6 is 0 Å². The summed E-state index contributed by atoms with van der Waals surface area (Å²) in [6.45, 7) is 6.20. The number of nitrogens with zero attached hydrogens (tertiary/aromatic N) is 1. The Bertz CT molecular complexity index is 956. The first-order chi connectivity index (χ1) is 13.2. The van der Waals surface area contributed by atoms with Gasteiger partial charge in [0, 0.05) is 12.6 Å². The molecular weight excluding hydrogens is 338 g/mol. The van der Waals surface area contributed by atoms with E-state index in [-0.39, 0.29) is 5.43 Å². The lowest BCUT2D eigenvalue weighted by atomic mass is 9.99. The van der Waals surface area contributed by atoms with E-state index in [1.807, 2.05) is 42.5 Å². The van der Waals surface area contributed by atoms with Crippen molar-refractivity contribution in [3.63, 3.8) is 0 Å². The van der Waals surface area contributed by atoms with Crippen LogP contribution in [0.1, 0.15) is 19.8 Å². The van der Waals surface area contributed by atoms with Crippen molar-refractivity contribution in [1.82, 2.24) is 4.90 Å². The number of benzene rings is 2. The van der Waals surface area contributed by atoms with E-state index in [0.29, 0.717) is 23.1 Å². The molecule has 0 unspecified atom stereocenters. The smallest absolute Gasteiger partial charge is 0.200 e. The molecule has 1 aliphatic heterocycles. The molecule has 0 N–H and O–H groups in total. The van der Waals surface area contributed by atoms with Gasteiger partial charge in [-0.15, -0.1) is 0 Å². The third kappa shape index (κ3) is 4.06. The van der Waals surface area contributed by atoms with Crippen molar-refractivity contribution in [2.24, 2.45) is 5.92 Å². The molecule has 0 bridgehead atoms. The van der Waals surface area contributed by atoms with Crippen molar-refractivity contribution < 1.29 is 9.15 Å². The van der Waals surface area contributed by atoms with Gasteiger partial charge in [-0.3, -0.25) is 9.69 Å². The molecule has 27 heavy (non-hydrogen) atoms. The molecule has 0 atom stereocenters. The summed E-state index contributed by atoms with van der Waals surface area (Å²) in [5, 5.41) is 0.578. The van der Waals surface area contributed by atoms with Crippen LogP contribution in [-0.4, -0.2) is 31.1 Å². The second-order valence-corrected chi connectivity index (χ2v) is 7.38. The van der Waals surface area contributed by atoms with Crippen molar-refractivity contribution in [2.45, 2.75) is 19.8 Å². The first-order valence-corrected chi connectivity index (χ1v) is 9.67. The van der Waals surface area contributed by atoms with E-state index in [0.717, 1.165) is 36.9 Å². The SMILES string of the molecule is CC1CCN(CCOc2ccc3c(=O)c(-c4ccccc4)coc3c2)CC1. The molecule has 0 radical (unpaired) electrons. The van der Waals surface area contributed by atoms with E-state index < -0.39 is 0 Å². The summed E-state index contributed by atoms with van der Waals surface area (Å²) in [5.74, 6) is 1.58. The zero-order valence-corrected chi connectivity index (χ0v) is 15.7. The molecule has 1 fully saturated rings. The van der Waals surface area contributed by atoms with Gasteiger partial charge >= 0.3 is 0 Å². The zero-order chi connectivity index (χ0) is 18.6. The fourth-order valence-electron chi connectivity index (χ4n) is 3.59. The molecule has 1 saturated heterocycles. The molecule has 0 saturated carbocycles. The Kier molecular flexibility index (Phi) is 5.26. The van der Waals surface area contributed by atoms with Crippen LogP contribution in [0.15, 0.2) is 64.0 Å². The molecular formula is C23H25NO3. The van der Waals surface area contributed by atoms with Gasteiger partial charge in [-0.2, -0.15) is 0 Å². The van der Waals surface area contributed by atoms with E-state index in [1.54, 1.807) is 12.3 Å². The van der Waals surface area contributed by atoms with Gasteiger partial charge in [-0.05, 0) is 49.5 Å². The highest BCUT2D eigenvalue weighted by molar-refractivity contribution is 5.82. The molecule has 0 aliphatic carbocycles. The van der Waals surface area contributed by atoms with E-state index in [9.17, 15) is 4.79 Å². The molecule has 1 aliphatic rings. The molecule has 2 heterocycles. The second-order valence-electron chi connectivity index (χ2n) is 7.38. The Morgan fingerprint density at radius 2 is 1.89 bits per heavy atom. The van der Waals surface area contributed by atoms with Crippen molar-refractivity contribution in [3.8, 4) is 16.9 Å². The highest BCUT2D eigenvalue weighted by Crippen LogP contribution is 2.23. The third-order valence-electron chi connectivity index (χ3n) is 5.38. The van der Waals surface area contributed by atoms with Crippen molar-refractivity contribution in [2.75, 3.05) is 26.2 Å². The Balaban J connectivity index is 1.46. The second kappa shape index (κ2) is 7.97. The van der Waals surface area contributed by atoms with Crippen molar-refractivity contribution >= 4 is 11.0 Å². The summed E-state index contributed by atoms with van der Waals surface area (Å²) < 4.78 is 11.6. The molecule has 4 nitrogen and oxygen atoms in total. The predicted molar refractivity (Wildman–Crippen MR) is 108 cm³/mol. The lowest BCUT2D eigenvalue weighted by Crippen LogP contribution is -2.35. The molecule has 2 aromatic carbocycles. The van der Waals surface area contributed by atoms with Gasteiger partial charge in [0.15, 0.2) is 5.43 Å². The van der Waals surface area contributed by atoms with Crippen LogP contribution in [0, 0.1) is 5.92 Å². The standard InChI is InChI=1S/C23H25NO3/c1-17-9-11-24(12-10-17)13-14-26-19-7-8-20-22(15-19)27-16-21(23(20)25)18-5-3-2-4-6-18/h2-8,15-17H,9-14H2,1H3. The molecule has 3 aromatic rings. The Morgan fingerprint density at radius 1 is 1.11 bits per heavy atom. The van der Waals surface area contributed by atoms with Crippen molar-refractivity contribution in [1.29, 1.82) is 0 Å². The zero-order valence-electron chi connectivity index (χ0n) is 15.7. The van der Waals surface area contributed by atoms with E-state index in [4.69, 9.17) is 9.15 Å². The number of fused-ring (bicyclic) bond motifs is 1. The predicted octanol–water partition coefficient (Wildman–Crippen LogP) is 4.57. The minimum atomic E-state index is -0.0172. The summed E-state index contributed by atoms with van der Waals surface area (Å²) in [5.41, 5.74) is 1.99. The Labute approximate surface area is 159 Å². The van der Waals surface area contributed by atoms with E-state index in [1.165, 1.54) is 12.8 Å². The maximum absolute atomic E-state index is 12.8. The van der Waals surface area contributed by atoms with Gasteiger partial charge in [0.05, 0.1) is 10.9 Å². The lowest BCUT2D eigenvalue weighted by Gasteiger charge is -2.29. The van der Waals surface area contributed by atoms with Crippen molar-refractivity contribution in [3.05, 3.63) is 65.0 Å². The van der Waals surface area contributed by atoms with Crippen LogP contribution in [0.5, 0.6) is 5.75 Å². The van der Waals surface area contributed by atoms with Crippen LogP contribution in [0.25, 0.3) is 22.1 Å². The number of hydrogen-bond donors (Lipinski definition) is 0. The van der Waals surface area contributed by atoms with Gasteiger partial charge in [-0.1, -0.05) is 37.3 Å². The fraction of sp³-hybridized carbons (Fsp3) is 0.348. The molecule has 140 valence electrons. The van der Waals surface area contributed by atoms with Crippen LogP contribution < -0.4 is 10.2 Å². The van der Waals surface area contributed by atoms with Gasteiger partial charge in [0.2, 0.25) is 0 Å². The normalized spacial score (nSPS) is 15.9. The number of likely N-dealkylation sites (tertiary alicyclic amines) is 1. The first-order valence-electron chi connectivity index (χ1n) is 9.67. The van der Waals surface area contributed by atoms with Crippen LogP contribution in [0.2, 0.25) is 0 Å². The molecule has 1 aromatic heterocycles. The van der Waals surface area contributed by atoms with Gasteiger partial charge in [0.25, 0.3) is 0 Å². The third-order valence-corrected chi connectivity index (χ3v) is 5.38. The lowest BCUT2D eigenvalue weighted by molar-refractivity contribution is 0.160. The highest BCUT2D eigenvalue weighted by Gasteiger charge is 2.15. The summed E-state index contributed by atoms with van der Waals surface area (Å²) in [6.07, 6.45) is 4.08. The Morgan fingerprint density at radius 3 is 2.67 bits per heavy atom. The summed E-state index contributed by atoms with van der Waals surface area (Å²) >= 11 is 0. The Hall–Kier alpha value is -2.59. The molecule has 4 heteroatoms. The van der Waals surface area contributed by atoms with Crippen LogP contribution in [0.3, 0.4) is 0 Å². The van der Waals surface area contributed by atoms with Crippen LogP contribution in [-0.2, 0) is 0 Å². The van der Waals surface area contributed by atoms with E-state index >= 15 is 0 Å².